The second-order valence-electron chi connectivity index (χ2n) is 9.81. The second kappa shape index (κ2) is 19.7. The summed E-state index contributed by atoms with van der Waals surface area (Å²) in [7, 11) is 0. The molecule has 1 fully saturated rings. The SMILES string of the molecule is CCCCCCCCCCCCCCCCCC(=S)SC[C@@H](C)C(=O)N1CCC[C@H]1C(=O)O. The van der Waals surface area contributed by atoms with Crippen molar-refractivity contribution in [3.63, 3.8) is 0 Å². The summed E-state index contributed by atoms with van der Waals surface area (Å²) in [4.78, 5) is 25.4. The predicted molar refractivity (Wildman–Crippen MR) is 146 cm³/mol. The number of thiocarbonyl (C=S) groups is 1. The van der Waals surface area contributed by atoms with Gasteiger partial charge in [-0.2, -0.15) is 0 Å². The summed E-state index contributed by atoms with van der Waals surface area (Å²) in [6, 6.07) is -0.641. The Labute approximate surface area is 213 Å². The quantitative estimate of drug-likeness (QED) is 0.136. The highest BCUT2D eigenvalue weighted by molar-refractivity contribution is 8.23. The van der Waals surface area contributed by atoms with Crippen molar-refractivity contribution in [1.82, 2.24) is 4.90 Å². The van der Waals surface area contributed by atoms with Crippen molar-refractivity contribution in [2.24, 2.45) is 5.92 Å². The van der Waals surface area contributed by atoms with Gasteiger partial charge in [-0.1, -0.05) is 116 Å². The fourth-order valence-corrected chi connectivity index (χ4v) is 5.79. The van der Waals surface area contributed by atoms with Crippen LogP contribution in [-0.4, -0.2) is 44.4 Å². The zero-order valence-corrected chi connectivity index (χ0v) is 23.0. The van der Waals surface area contributed by atoms with Gasteiger partial charge in [-0.15, -0.1) is 11.8 Å². The predicted octanol–water partition coefficient (Wildman–Crippen LogP) is 8.02. The van der Waals surface area contributed by atoms with E-state index in [9.17, 15) is 14.7 Å². The summed E-state index contributed by atoms with van der Waals surface area (Å²) in [6.45, 7) is 4.73. The number of carbonyl (C=O) groups is 2. The maximum atomic E-state index is 12.6. The van der Waals surface area contributed by atoms with Gasteiger partial charge in [0.2, 0.25) is 5.91 Å². The molecule has 33 heavy (non-hydrogen) atoms. The van der Waals surface area contributed by atoms with E-state index < -0.39 is 12.0 Å². The third-order valence-corrected chi connectivity index (χ3v) is 8.47. The molecule has 1 saturated heterocycles. The number of hydrogen-bond acceptors (Lipinski definition) is 4. The molecule has 4 nitrogen and oxygen atoms in total. The number of carboxylic acid groups (broad SMARTS) is 1. The smallest absolute Gasteiger partial charge is 0.326 e. The number of carbonyl (C=O) groups excluding carboxylic acids is 1. The lowest BCUT2D eigenvalue weighted by Gasteiger charge is -2.24. The highest BCUT2D eigenvalue weighted by Gasteiger charge is 2.35. The standard InChI is InChI=1S/C27H49NO3S2/c1-3-4-5-6-7-8-9-10-11-12-13-14-15-16-17-20-25(32)33-22-23(2)26(29)28-21-18-19-24(28)27(30)31/h23-24H,3-22H2,1-2H3,(H,30,31)/t23-,24+/m1/s1. The number of rotatable bonds is 20. The highest BCUT2D eigenvalue weighted by Crippen LogP contribution is 2.23. The number of unbranched alkanes of at least 4 members (excludes halogenated alkanes) is 14. The summed E-state index contributed by atoms with van der Waals surface area (Å²) in [6.07, 6.45) is 22.7. The Balaban J connectivity index is 1.93. The molecule has 1 aliphatic rings. The molecule has 0 bridgehead atoms. The summed E-state index contributed by atoms with van der Waals surface area (Å²) in [5.41, 5.74) is 0. The first-order valence-corrected chi connectivity index (χ1v) is 15.1. The minimum atomic E-state index is -0.885. The molecule has 1 heterocycles. The Hall–Kier alpha value is -0.620. The van der Waals surface area contributed by atoms with E-state index in [1.54, 1.807) is 16.7 Å². The van der Waals surface area contributed by atoms with E-state index in [4.69, 9.17) is 12.2 Å². The lowest BCUT2D eigenvalue weighted by atomic mass is 10.0. The van der Waals surface area contributed by atoms with Gasteiger partial charge in [0.05, 0.1) is 0 Å². The molecule has 0 aromatic heterocycles. The van der Waals surface area contributed by atoms with Gasteiger partial charge >= 0.3 is 5.97 Å². The van der Waals surface area contributed by atoms with Crippen LogP contribution in [0, 0.1) is 5.92 Å². The number of hydrogen-bond donors (Lipinski definition) is 1. The molecule has 1 N–H and O–H groups in total. The molecule has 0 aromatic carbocycles. The molecule has 0 unspecified atom stereocenters. The van der Waals surface area contributed by atoms with E-state index in [-0.39, 0.29) is 11.8 Å². The van der Waals surface area contributed by atoms with E-state index >= 15 is 0 Å². The third-order valence-electron chi connectivity index (χ3n) is 6.72. The van der Waals surface area contributed by atoms with Crippen LogP contribution >= 0.6 is 24.0 Å². The van der Waals surface area contributed by atoms with Crippen molar-refractivity contribution in [2.75, 3.05) is 12.3 Å². The monoisotopic (exact) mass is 499 g/mol. The van der Waals surface area contributed by atoms with Crippen LogP contribution in [0.1, 0.15) is 129 Å². The molecular weight excluding hydrogens is 450 g/mol. The van der Waals surface area contributed by atoms with Crippen molar-refractivity contribution in [1.29, 1.82) is 0 Å². The molecule has 0 aliphatic carbocycles. The van der Waals surface area contributed by atoms with Crippen molar-refractivity contribution in [2.45, 2.75) is 135 Å². The molecule has 1 amide bonds. The van der Waals surface area contributed by atoms with Gasteiger partial charge in [-0.05, 0) is 25.7 Å². The molecule has 0 saturated carbocycles. The van der Waals surface area contributed by atoms with Gasteiger partial charge in [0, 0.05) is 22.4 Å². The summed E-state index contributed by atoms with van der Waals surface area (Å²) in [5, 5.41) is 9.28. The van der Waals surface area contributed by atoms with E-state index in [0.717, 1.165) is 23.5 Å². The van der Waals surface area contributed by atoms with Crippen LogP contribution in [0.3, 0.4) is 0 Å². The number of likely N-dealkylation sites (tertiary alicyclic amines) is 1. The molecular formula is C27H49NO3S2. The highest BCUT2D eigenvalue weighted by atomic mass is 32.2. The number of thioether (sulfide) groups is 1. The van der Waals surface area contributed by atoms with Gasteiger partial charge in [0.15, 0.2) is 0 Å². The van der Waals surface area contributed by atoms with E-state index in [0.29, 0.717) is 18.7 Å². The molecule has 1 aliphatic heterocycles. The van der Waals surface area contributed by atoms with E-state index in [1.165, 1.54) is 89.9 Å². The zero-order valence-electron chi connectivity index (χ0n) is 21.3. The molecule has 0 aromatic rings. The van der Waals surface area contributed by atoms with Crippen LogP contribution in [0.4, 0.5) is 0 Å². The summed E-state index contributed by atoms with van der Waals surface area (Å²) < 4.78 is 0.987. The van der Waals surface area contributed by atoms with Crippen LogP contribution in [0.5, 0.6) is 0 Å². The maximum absolute atomic E-state index is 12.6. The van der Waals surface area contributed by atoms with Crippen molar-refractivity contribution >= 4 is 40.1 Å². The Bertz CT molecular complexity index is 555. The van der Waals surface area contributed by atoms with Gasteiger partial charge < -0.3 is 10.0 Å². The minimum absolute atomic E-state index is 0.0397. The summed E-state index contributed by atoms with van der Waals surface area (Å²) >= 11 is 7.11. The van der Waals surface area contributed by atoms with Crippen molar-refractivity contribution in [3.05, 3.63) is 0 Å². The van der Waals surface area contributed by atoms with Crippen LogP contribution in [-0.2, 0) is 9.59 Å². The van der Waals surface area contributed by atoms with Crippen LogP contribution < -0.4 is 0 Å². The van der Waals surface area contributed by atoms with E-state index in [2.05, 4.69) is 6.92 Å². The van der Waals surface area contributed by atoms with Crippen LogP contribution in [0.2, 0.25) is 0 Å². The van der Waals surface area contributed by atoms with Crippen LogP contribution in [0.25, 0.3) is 0 Å². The Kier molecular flexibility index (Phi) is 18.1. The zero-order chi connectivity index (χ0) is 24.3. The van der Waals surface area contributed by atoms with Crippen molar-refractivity contribution in [3.8, 4) is 0 Å². The average molecular weight is 500 g/mol. The number of carboxylic acids is 1. The van der Waals surface area contributed by atoms with E-state index in [1.807, 2.05) is 6.92 Å². The fraction of sp³-hybridized carbons (Fsp3) is 0.889. The Morgan fingerprint density at radius 1 is 0.909 bits per heavy atom. The van der Waals surface area contributed by atoms with Crippen molar-refractivity contribution < 1.29 is 14.7 Å². The number of nitrogens with zero attached hydrogens (tertiary/aromatic N) is 1. The maximum Gasteiger partial charge on any atom is 0.326 e. The lowest BCUT2D eigenvalue weighted by molar-refractivity contribution is -0.149. The Morgan fingerprint density at radius 3 is 1.88 bits per heavy atom. The number of aliphatic carboxylic acids is 1. The molecule has 2 atom stereocenters. The first-order valence-electron chi connectivity index (χ1n) is 13.7. The second-order valence-corrected chi connectivity index (χ2v) is 11.7. The minimum Gasteiger partial charge on any atom is -0.480 e. The normalized spacial score (nSPS) is 16.8. The molecule has 1 rings (SSSR count). The van der Waals surface area contributed by atoms with Crippen LogP contribution in [0.15, 0.2) is 0 Å². The molecule has 6 heteroatoms. The van der Waals surface area contributed by atoms with Gasteiger partial charge in [0.1, 0.15) is 6.04 Å². The first-order chi connectivity index (χ1) is 16.0. The molecule has 0 spiro atoms. The summed E-state index contributed by atoms with van der Waals surface area (Å²) in [5.74, 6) is -0.459. The largest absolute Gasteiger partial charge is 0.480 e. The van der Waals surface area contributed by atoms with Gasteiger partial charge in [0.25, 0.3) is 0 Å². The first kappa shape index (κ1) is 30.4. The average Bonchev–Trinajstić information content (AvgIpc) is 3.30. The van der Waals surface area contributed by atoms with Gasteiger partial charge in [-0.25, -0.2) is 4.79 Å². The topological polar surface area (TPSA) is 57.6 Å². The molecule has 0 radical (unpaired) electrons. The fourth-order valence-electron chi connectivity index (χ4n) is 4.57. The Morgan fingerprint density at radius 2 is 1.39 bits per heavy atom. The van der Waals surface area contributed by atoms with Gasteiger partial charge in [-0.3, -0.25) is 4.79 Å². The number of amides is 1. The molecule has 192 valence electrons. The third kappa shape index (κ3) is 14.4. The lowest BCUT2D eigenvalue weighted by Crippen LogP contribution is -2.43.